The van der Waals surface area contributed by atoms with Crippen molar-refractivity contribution >= 4 is 6.09 Å². The Balaban J connectivity index is 2.30. The molecule has 0 aliphatic rings. The number of carbonyl (C=O) groups excluding carboxylic acids is 1. The number of ether oxygens (including phenoxy) is 2. The molecule has 1 atom stereocenters. The van der Waals surface area contributed by atoms with E-state index in [1.807, 2.05) is 51.1 Å². The lowest BCUT2D eigenvalue weighted by molar-refractivity contribution is 0.0479. The lowest BCUT2D eigenvalue weighted by atomic mass is 10.1. The predicted molar refractivity (Wildman–Crippen MR) is 88.8 cm³/mol. The Kier molecular flexibility index (Phi) is 7.96. The van der Waals surface area contributed by atoms with Gasteiger partial charge in [-0.25, -0.2) is 4.79 Å². The summed E-state index contributed by atoms with van der Waals surface area (Å²) in [6, 6.07) is 10.2. The third-order valence-corrected chi connectivity index (χ3v) is 3.08. The van der Waals surface area contributed by atoms with Crippen LogP contribution in [0, 0.1) is 0 Å². The minimum atomic E-state index is -0.468. The Bertz CT molecular complexity index is 426. The Morgan fingerprint density at radius 2 is 1.86 bits per heavy atom. The fourth-order valence-electron chi connectivity index (χ4n) is 2.10. The number of rotatable bonds is 8. The highest BCUT2D eigenvalue weighted by molar-refractivity contribution is 5.68. The van der Waals surface area contributed by atoms with Crippen LogP contribution < -0.4 is 5.32 Å². The molecule has 0 radical (unpaired) electrons. The first-order valence-corrected chi connectivity index (χ1v) is 8.02. The van der Waals surface area contributed by atoms with Gasteiger partial charge < -0.3 is 14.8 Å². The molecule has 1 aromatic rings. The zero-order valence-corrected chi connectivity index (χ0v) is 14.2. The minimum absolute atomic E-state index is 0.0932. The molecule has 0 bridgehead atoms. The quantitative estimate of drug-likeness (QED) is 0.729. The molecule has 0 fully saturated rings. The Hall–Kier alpha value is -1.55. The molecule has 1 aromatic carbocycles. The molecule has 124 valence electrons. The summed E-state index contributed by atoms with van der Waals surface area (Å²) in [6.07, 6.45) is 2.38. The first-order chi connectivity index (χ1) is 10.4. The largest absolute Gasteiger partial charge is 0.444 e. The summed E-state index contributed by atoms with van der Waals surface area (Å²) in [7, 11) is 0. The SMILES string of the molecule is CCC[C@@H](CCOCc1ccccc1)NC(=O)OC(C)(C)C. The molecule has 0 aromatic heterocycles. The topological polar surface area (TPSA) is 47.6 Å². The van der Waals surface area contributed by atoms with E-state index >= 15 is 0 Å². The highest BCUT2D eigenvalue weighted by atomic mass is 16.6. The zero-order chi connectivity index (χ0) is 16.4. The van der Waals surface area contributed by atoms with Crippen LogP contribution in [-0.2, 0) is 16.1 Å². The van der Waals surface area contributed by atoms with Gasteiger partial charge in [0.1, 0.15) is 5.60 Å². The lowest BCUT2D eigenvalue weighted by Gasteiger charge is -2.23. The zero-order valence-electron chi connectivity index (χ0n) is 14.2. The summed E-state index contributed by atoms with van der Waals surface area (Å²) in [4.78, 5) is 11.8. The molecule has 0 aliphatic carbocycles. The van der Waals surface area contributed by atoms with Crippen LogP contribution in [0.25, 0.3) is 0 Å². The Morgan fingerprint density at radius 1 is 1.18 bits per heavy atom. The first kappa shape index (κ1) is 18.5. The summed E-state index contributed by atoms with van der Waals surface area (Å²) in [5.74, 6) is 0. The maximum atomic E-state index is 11.8. The van der Waals surface area contributed by atoms with Crippen LogP contribution >= 0.6 is 0 Å². The molecule has 22 heavy (non-hydrogen) atoms. The van der Waals surface area contributed by atoms with E-state index in [-0.39, 0.29) is 12.1 Å². The summed E-state index contributed by atoms with van der Waals surface area (Å²) >= 11 is 0. The molecule has 0 saturated carbocycles. The number of hydrogen-bond donors (Lipinski definition) is 1. The van der Waals surface area contributed by atoms with Crippen molar-refractivity contribution in [3.05, 3.63) is 35.9 Å². The van der Waals surface area contributed by atoms with Gasteiger partial charge in [0.25, 0.3) is 0 Å². The fraction of sp³-hybridized carbons (Fsp3) is 0.611. The second kappa shape index (κ2) is 9.46. The van der Waals surface area contributed by atoms with Gasteiger partial charge in [-0.2, -0.15) is 0 Å². The number of alkyl carbamates (subject to hydrolysis) is 1. The molecule has 0 unspecified atom stereocenters. The molecule has 1 N–H and O–H groups in total. The summed E-state index contributed by atoms with van der Waals surface area (Å²) < 4.78 is 11.0. The molecule has 0 heterocycles. The smallest absolute Gasteiger partial charge is 0.407 e. The Labute approximate surface area is 134 Å². The molecule has 1 rings (SSSR count). The number of amides is 1. The predicted octanol–water partition coefficient (Wildman–Crippen LogP) is 4.29. The molecular formula is C18H29NO3. The third-order valence-electron chi connectivity index (χ3n) is 3.08. The Morgan fingerprint density at radius 3 is 2.45 bits per heavy atom. The molecular weight excluding hydrogens is 278 g/mol. The van der Waals surface area contributed by atoms with E-state index in [4.69, 9.17) is 9.47 Å². The average molecular weight is 307 g/mol. The van der Waals surface area contributed by atoms with Crippen molar-refractivity contribution in [1.82, 2.24) is 5.32 Å². The minimum Gasteiger partial charge on any atom is -0.444 e. The maximum absolute atomic E-state index is 11.8. The molecule has 4 heteroatoms. The van der Waals surface area contributed by atoms with Gasteiger partial charge in [0.15, 0.2) is 0 Å². The number of benzene rings is 1. The van der Waals surface area contributed by atoms with Crippen molar-refractivity contribution in [2.24, 2.45) is 0 Å². The fourth-order valence-corrected chi connectivity index (χ4v) is 2.10. The van der Waals surface area contributed by atoms with E-state index < -0.39 is 5.60 Å². The van der Waals surface area contributed by atoms with Gasteiger partial charge in [-0.05, 0) is 39.2 Å². The maximum Gasteiger partial charge on any atom is 0.407 e. The second-order valence-corrected chi connectivity index (χ2v) is 6.46. The van der Waals surface area contributed by atoms with Crippen LogP contribution in [0.15, 0.2) is 30.3 Å². The number of nitrogens with one attached hydrogen (secondary N) is 1. The first-order valence-electron chi connectivity index (χ1n) is 8.02. The molecule has 0 aliphatic heterocycles. The van der Waals surface area contributed by atoms with Crippen LogP contribution in [0.1, 0.15) is 52.5 Å². The van der Waals surface area contributed by atoms with E-state index in [0.29, 0.717) is 13.2 Å². The number of hydrogen-bond acceptors (Lipinski definition) is 3. The van der Waals surface area contributed by atoms with Gasteiger partial charge >= 0.3 is 6.09 Å². The van der Waals surface area contributed by atoms with Gasteiger partial charge in [-0.3, -0.25) is 0 Å². The van der Waals surface area contributed by atoms with Crippen LogP contribution in [0.5, 0.6) is 0 Å². The van der Waals surface area contributed by atoms with Crippen LogP contribution in [0.2, 0.25) is 0 Å². The van der Waals surface area contributed by atoms with Crippen LogP contribution in [0.4, 0.5) is 4.79 Å². The standard InChI is InChI=1S/C18H29NO3/c1-5-9-16(19-17(20)22-18(2,3)4)12-13-21-14-15-10-7-6-8-11-15/h6-8,10-11,16H,5,9,12-14H2,1-4H3,(H,19,20)/t16-/m0/s1. The highest BCUT2D eigenvalue weighted by Crippen LogP contribution is 2.09. The van der Waals surface area contributed by atoms with Crippen molar-refractivity contribution in [2.75, 3.05) is 6.61 Å². The van der Waals surface area contributed by atoms with E-state index in [9.17, 15) is 4.79 Å². The molecule has 0 spiro atoms. The van der Waals surface area contributed by atoms with Gasteiger partial charge in [-0.15, -0.1) is 0 Å². The van der Waals surface area contributed by atoms with Crippen molar-refractivity contribution in [3.63, 3.8) is 0 Å². The molecule has 4 nitrogen and oxygen atoms in total. The van der Waals surface area contributed by atoms with Gasteiger partial charge in [0, 0.05) is 12.6 Å². The summed E-state index contributed by atoms with van der Waals surface area (Å²) in [6.45, 7) is 8.93. The van der Waals surface area contributed by atoms with Crippen LogP contribution in [0.3, 0.4) is 0 Å². The van der Waals surface area contributed by atoms with Crippen molar-refractivity contribution in [3.8, 4) is 0 Å². The second-order valence-electron chi connectivity index (χ2n) is 6.46. The lowest BCUT2D eigenvalue weighted by Crippen LogP contribution is -2.39. The monoisotopic (exact) mass is 307 g/mol. The third kappa shape index (κ3) is 8.67. The average Bonchev–Trinajstić information content (AvgIpc) is 2.42. The number of carbonyl (C=O) groups is 1. The van der Waals surface area contributed by atoms with Crippen LogP contribution in [-0.4, -0.2) is 24.3 Å². The van der Waals surface area contributed by atoms with Gasteiger partial charge in [0.05, 0.1) is 6.61 Å². The summed E-state index contributed by atoms with van der Waals surface area (Å²) in [5, 5.41) is 2.93. The normalized spacial score (nSPS) is 12.7. The highest BCUT2D eigenvalue weighted by Gasteiger charge is 2.19. The molecule has 0 saturated heterocycles. The van der Waals surface area contributed by atoms with Gasteiger partial charge in [0.2, 0.25) is 0 Å². The van der Waals surface area contributed by atoms with Gasteiger partial charge in [-0.1, -0.05) is 43.7 Å². The van der Waals surface area contributed by atoms with E-state index in [1.165, 1.54) is 0 Å². The van der Waals surface area contributed by atoms with Crippen molar-refractivity contribution in [2.45, 2.75) is 65.2 Å². The van der Waals surface area contributed by atoms with E-state index in [2.05, 4.69) is 12.2 Å². The summed E-state index contributed by atoms with van der Waals surface area (Å²) in [5.41, 5.74) is 0.694. The van der Waals surface area contributed by atoms with E-state index in [0.717, 1.165) is 24.8 Å². The van der Waals surface area contributed by atoms with Crippen molar-refractivity contribution in [1.29, 1.82) is 0 Å². The van der Waals surface area contributed by atoms with E-state index in [1.54, 1.807) is 0 Å². The molecule has 1 amide bonds. The van der Waals surface area contributed by atoms with Crippen molar-refractivity contribution < 1.29 is 14.3 Å².